The first-order valence-electron chi connectivity index (χ1n) is 5.32. The number of hydrogen-bond donors (Lipinski definition) is 2. The fraction of sp³-hybridized carbons (Fsp3) is 0.800. The third-order valence-electron chi connectivity index (χ3n) is 2.05. The zero-order valence-corrected chi connectivity index (χ0v) is 9.82. The van der Waals surface area contributed by atoms with Gasteiger partial charge in [0.25, 0.3) is 0 Å². The number of guanidine groups is 1. The summed E-state index contributed by atoms with van der Waals surface area (Å²) >= 11 is 0. The second-order valence-electron chi connectivity index (χ2n) is 4.81. The van der Waals surface area contributed by atoms with Gasteiger partial charge in [0, 0.05) is 32.4 Å². The molecule has 0 aromatic heterocycles. The predicted octanol–water partition coefficient (Wildman–Crippen LogP) is 0.238. The van der Waals surface area contributed by atoms with Gasteiger partial charge >= 0.3 is 0 Å². The van der Waals surface area contributed by atoms with Crippen molar-refractivity contribution < 1.29 is 0 Å². The Morgan fingerprint density at radius 1 is 1.33 bits per heavy atom. The molecule has 1 fully saturated rings. The van der Waals surface area contributed by atoms with Gasteiger partial charge < -0.3 is 16.0 Å². The van der Waals surface area contributed by atoms with Crippen molar-refractivity contribution in [3.63, 3.8) is 0 Å². The molecular weight excluding hydrogens is 190 g/mol. The quantitative estimate of drug-likeness (QED) is 0.371. The van der Waals surface area contributed by atoms with E-state index in [1.165, 1.54) is 0 Å². The third kappa shape index (κ3) is 4.78. The maximum Gasteiger partial charge on any atom is 0.216 e. The molecule has 1 aliphatic rings. The lowest BCUT2D eigenvalue weighted by Crippen LogP contribution is -2.49. The Morgan fingerprint density at radius 3 is 2.47 bits per heavy atom. The zero-order valence-electron chi connectivity index (χ0n) is 9.82. The van der Waals surface area contributed by atoms with E-state index in [1.807, 2.05) is 11.1 Å². The summed E-state index contributed by atoms with van der Waals surface area (Å²) in [5.74, 6) is 0.511. The molecule has 86 valence electrons. The maximum absolute atomic E-state index is 5.81. The van der Waals surface area contributed by atoms with Crippen LogP contribution in [0.3, 0.4) is 0 Å². The van der Waals surface area contributed by atoms with Crippen LogP contribution in [0.5, 0.6) is 0 Å². The van der Waals surface area contributed by atoms with E-state index < -0.39 is 0 Å². The van der Waals surface area contributed by atoms with Gasteiger partial charge in [0.2, 0.25) is 5.96 Å². The van der Waals surface area contributed by atoms with Crippen LogP contribution in [0, 0.1) is 5.41 Å². The van der Waals surface area contributed by atoms with Crippen LogP contribution in [0.1, 0.15) is 20.8 Å². The maximum atomic E-state index is 5.81. The summed E-state index contributed by atoms with van der Waals surface area (Å²) in [5.41, 5.74) is 5.86. The highest BCUT2D eigenvalue weighted by Crippen LogP contribution is 2.08. The number of nitrogens with zero attached hydrogens (tertiary/aromatic N) is 3. The lowest BCUT2D eigenvalue weighted by atomic mass is 9.99. The normalized spacial score (nSPS) is 19.9. The van der Waals surface area contributed by atoms with Crippen molar-refractivity contribution in [1.29, 1.82) is 0 Å². The number of nitrogens with one attached hydrogen (secondary N) is 1. The molecule has 0 aromatic carbocycles. The molecule has 15 heavy (non-hydrogen) atoms. The topological polar surface area (TPSA) is 66.0 Å². The number of piperazine rings is 1. The van der Waals surface area contributed by atoms with Gasteiger partial charge in [0.1, 0.15) is 0 Å². The summed E-state index contributed by atoms with van der Waals surface area (Å²) in [4.78, 5) is 2.04. The Kier molecular flexibility index (Phi) is 4.08. The lowest BCUT2D eigenvalue weighted by molar-refractivity contribution is 0.353. The highest BCUT2D eigenvalue weighted by Gasteiger charge is 2.11. The van der Waals surface area contributed by atoms with Crippen LogP contribution in [0.2, 0.25) is 0 Å². The monoisotopic (exact) mass is 211 g/mol. The van der Waals surface area contributed by atoms with Crippen LogP contribution < -0.4 is 11.1 Å². The van der Waals surface area contributed by atoms with E-state index in [9.17, 15) is 0 Å². The molecule has 0 aliphatic carbocycles. The van der Waals surface area contributed by atoms with Crippen LogP contribution in [-0.2, 0) is 0 Å². The first-order chi connectivity index (χ1) is 6.99. The van der Waals surface area contributed by atoms with Gasteiger partial charge in [0.15, 0.2) is 0 Å². The van der Waals surface area contributed by atoms with Gasteiger partial charge in [-0.15, -0.1) is 5.10 Å². The lowest BCUT2D eigenvalue weighted by Gasteiger charge is -2.27. The Morgan fingerprint density at radius 2 is 1.93 bits per heavy atom. The fourth-order valence-corrected chi connectivity index (χ4v) is 1.22. The molecule has 1 heterocycles. The Balaban J connectivity index is 2.47. The molecule has 1 rings (SSSR count). The molecular formula is C10H21N5. The van der Waals surface area contributed by atoms with Crippen molar-refractivity contribution in [2.24, 2.45) is 21.4 Å². The summed E-state index contributed by atoms with van der Waals surface area (Å²) in [5, 5.41) is 11.2. The Hall–Kier alpha value is -1.10. The fourth-order valence-electron chi connectivity index (χ4n) is 1.22. The average Bonchev–Trinajstić information content (AvgIpc) is 2.17. The van der Waals surface area contributed by atoms with Crippen molar-refractivity contribution in [3.05, 3.63) is 0 Å². The van der Waals surface area contributed by atoms with Crippen molar-refractivity contribution in [2.45, 2.75) is 20.8 Å². The summed E-state index contributed by atoms with van der Waals surface area (Å²) < 4.78 is 0. The van der Waals surface area contributed by atoms with Crippen molar-refractivity contribution in [2.75, 3.05) is 26.2 Å². The molecule has 0 saturated carbocycles. The number of nitrogens with two attached hydrogens (primary N) is 1. The molecule has 1 aliphatic heterocycles. The largest absolute Gasteiger partial charge is 0.368 e. The highest BCUT2D eigenvalue weighted by atomic mass is 15.4. The summed E-state index contributed by atoms with van der Waals surface area (Å²) in [6, 6.07) is 0. The molecule has 0 spiro atoms. The van der Waals surface area contributed by atoms with E-state index in [0.717, 1.165) is 26.2 Å². The molecule has 0 radical (unpaired) electrons. The summed E-state index contributed by atoms with van der Waals surface area (Å²) in [6.07, 6.45) is 1.81. The zero-order chi connectivity index (χ0) is 11.3. The van der Waals surface area contributed by atoms with Gasteiger partial charge in [-0.3, -0.25) is 0 Å². The van der Waals surface area contributed by atoms with Gasteiger partial charge in [-0.1, -0.05) is 20.8 Å². The van der Waals surface area contributed by atoms with E-state index in [0.29, 0.717) is 5.96 Å². The van der Waals surface area contributed by atoms with E-state index in [1.54, 1.807) is 0 Å². The van der Waals surface area contributed by atoms with Crippen LogP contribution in [0.4, 0.5) is 0 Å². The van der Waals surface area contributed by atoms with Crippen molar-refractivity contribution in [1.82, 2.24) is 10.2 Å². The van der Waals surface area contributed by atoms with E-state index >= 15 is 0 Å². The van der Waals surface area contributed by atoms with E-state index in [-0.39, 0.29) is 5.41 Å². The molecule has 0 aromatic rings. The molecule has 0 amide bonds. The third-order valence-corrected chi connectivity index (χ3v) is 2.05. The van der Waals surface area contributed by atoms with Gasteiger partial charge in [-0.05, 0) is 5.41 Å². The Bertz CT molecular complexity index is 245. The van der Waals surface area contributed by atoms with Crippen LogP contribution in [0.25, 0.3) is 0 Å². The SMILES string of the molecule is CC(C)(C)/C=N/N=C(N)N1CCNCC1. The van der Waals surface area contributed by atoms with Crippen LogP contribution >= 0.6 is 0 Å². The molecule has 1 saturated heterocycles. The minimum absolute atomic E-state index is 0.0488. The molecule has 5 nitrogen and oxygen atoms in total. The highest BCUT2D eigenvalue weighted by molar-refractivity contribution is 5.78. The second kappa shape index (κ2) is 5.11. The molecule has 5 heteroatoms. The van der Waals surface area contributed by atoms with Gasteiger partial charge in [-0.2, -0.15) is 5.10 Å². The first-order valence-corrected chi connectivity index (χ1v) is 5.32. The van der Waals surface area contributed by atoms with Crippen LogP contribution in [0.15, 0.2) is 10.2 Å². The smallest absolute Gasteiger partial charge is 0.216 e. The predicted molar refractivity (Wildman–Crippen MR) is 64.0 cm³/mol. The number of hydrogen-bond acceptors (Lipinski definition) is 3. The molecule has 0 atom stereocenters. The summed E-state index contributed by atoms with van der Waals surface area (Å²) in [6.45, 7) is 9.95. The second-order valence-corrected chi connectivity index (χ2v) is 4.81. The van der Waals surface area contributed by atoms with E-state index in [4.69, 9.17) is 5.73 Å². The Labute approximate surface area is 91.4 Å². The summed E-state index contributed by atoms with van der Waals surface area (Å²) in [7, 11) is 0. The minimum Gasteiger partial charge on any atom is -0.368 e. The van der Waals surface area contributed by atoms with Crippen molar-refractivity contribution >= 4 is 12.2 Å². The molecule has 3 N–H and O–H groups in total. The van der Waals surface area contributed by atoms with E-state index in [2.05, 4.69) is 36.3 Å². The van der Waals surface area contributed by atoms with Gasteiger partial charge in [-0.25, -0.2) is 0 Å². The molecule has 0 bridgehead atoms. The standard InChI is InChI=1S/C10H21N5/c1-10(2,3)8-13-14-9(11)15-6-4-12-5-7-15/h8,12H,4-7H2,1-3H3,(H2,11,14)/b13-8+. The first kappa shape index (κ1) is 12.0. The van der Waals surface area contributed by atoms with Crippen LogP contribution in [-0.4, -0.2) is 43.3 Å². The number of rotatable bonds is 1. The molecule has 0 unspecified atom stereocenters. The average molecular weight is 211 g/mol. The minimum atomic E-state index is 0.0488. The van der Waals surface area contributed by atoms with Gasteiger partial charge in [0.05, 0.1) is 0 Å². The van der Waals surface area contributed by atoms with Crippen molar-refractivity contribution in [3.8, 4) is 0 Å².